The summed E-state index contributed by atoms with van der Waals surface area (Å²) in [6.45, 7) is 4.11. The zero-order chi connectivity index (χ0) is 13.2. The van der Waals surface area contributed by atoms with E-state index in [1.807, 2.05) is 19.1 Å². The molecule has 1 aromatic rings. The quantitative estimate of drug-likeness (QED) is 0.832. The maximum Gasteiger partial charge on any atom is 0.242 e. The van der Waals surface area contributed by atoms with Crippen LogP contribution in [0.1, 0.15) is 33.1 Å². The summed E-state index contributed by atoms with van der Waals surface area (Å²) < 4.78 is 27.2. The van der Waals surface area contributed by atoms with Crippen molar-refractivity contribution in [1.29, 1.82) is 0 Å². The Bertz CT molecular complexity index is 509. The summed E-state index contributed by atoms with van der Waals surface area (Å²) in [6, 6.07) is 7.45. The van der Waals surface area contributed by atoms with Gasteiger partial charge in [-0.15, -0.1) is 0 Å². The van der Waals surface area contributed by atoms with Crippen LogP contribution in [0.25, 0.3) is 0 Å². The highest BCUT2D eigenvalue weighted by atomic mass is 32.2. The molecule has 0 bridgehead atoms. The van der Waals surface area contributed by atoms with Gasteiger partial charge in [0.1, 0.15) is 4.90 Å². The number of anilines is 1. The first-order chi connectivity index (χ1) is 8.53. The molecular weight excluding hydrogens is 248 g/mol. The van der Waals surface area contributed by atoms with Crippen LogP contribution in [0.4, 0.5) is 5.69 Å². The molecular formula is C13H20N2O2S. The van der Waals surface area contributed by atoms with Crippen molar-refractivity contribution >= 4 is 15.7 Å². The van der Waals surface area contributed by atoms with E-state index in [0.717, 1.165) is 19.3 Å². The van der Waals surface area contributed by atoms with Gasteiger partial charge in [-0.2, -0.15) is 0 Å². The highest BCUT2D eigenvalue weighted by Crippen LogP contribution is 2.26. The molecule has 0 heterocycles. The van der Waals surface area contributed by atoms with Crippen molar-refractivity contribution in [2.24, 2.45) is 0 Å². The number of hydrogen-bond acceptors (Lipinski definition) is 3. The van der Waals surface area contributed by atoms with Gasteiger partial charge >= 0.3 is 0 Å². The molecule has 1 aliphatic carbocycles. The molecule has 1 aliphatic rings. The number of benzene rings is 1. The van der Waals surface area contributed by atoms with E-state index in [0.29, 0.717) is 10.6 Å². The zero-order valence-electron chi connectivity index (χ0n) is 10.8. The van der Waals surface area contributed by atoms with Crippen molar-refractivity contribution in [3.05, 3.63) is 24.3 Å². The fraction of sp³-hybridized carbons (Fsp3) is 0.538. The molecule has 4 nitrogen and oxygen atoms in total. The van der Waals surface area contributed by atoms with Gasteiger partial charge in [0.2, 0.25) is 10.0 Å². The van der Waals surface area contributed by atoms with Gasteiger partial charge in [-0.05, 0) is 38.3 Å². The maximum absolute atomic E-state index is 12.2. The minimum atomic E-state index is -3.39. The summed E-state index contributed by atoms with van der Waals surface area (Å²) in [6.07, 6.45) is 2.84. The van der Waals surface area contributed by atoms with Crippen molar-refractivity contribution in [2.45, 2.75) is 50.1 Å². The van der Waals surface area contributed by atoms with E-state index in [2.05, 4.69) is 17.0 Å². The first-order valence-corrected chi connectivity index (χ1v) is 7.89. The molecule has 1 saturated carbocycles. The van der Waals surface area contributed by atoms with Crippen LogP contribution >= 0.6 is 0 Å². The van der Waals surface area contributed by atoms with Crippen molar-refractivity contribution in [3.8, 4) is 0 Å². The predicted molar refractivity (Wildman–Crippen MR) is 73.2 cm³/mol. The van der Waals surface area contributed by atoms with Crippen molar-refractivity contribution in [2.75, 3.05) is 5.32 Å². The van der Waals surface area contributed by atoms with Crippen molar-refractivity contribution in [3.63, 3.8) is 0 Å². The SMILES string of the molecule is CCC(C)Nc1ccccc1S(=O)(=O)NC1CC1. The number of para-hydroxylation sites is 1. The van der Waals surface area contributed by atoms with Gasteiger partial charge in [-0.25, -0.2) is 13.1 Å². The molecule has 0 spiro atoms. The normalized spacial score (nSPS) is 17.4. The Balaban J connectivity index is 2.25. The van der Waals surface area contributed by atoms with Gasteiger partial charge in [0.15, 0.2) is 0 Å². The van der Waals surface area contributed by atoms with E-state index >= 15 is 0 Å². The summed E-state index contributed by atoms with van der Waals surface area (Å²) in [5.74, 6) is 0. The Hall–Kier alpha value is -1.07. The van der Waals surface area contributed by atoms with E-state index < -0.39 is 10.0 Å². The fourth-order valence-electron chi connectivity index (χ4n) is 1.67. The first kappa shape index (κ1) is 13.4. The topological polar surface area (TPSA) is 58.2 Å². The van der Waals surface area contributed by atoms with Crippen LogP contribution in [0.3, 0.4) is 0 Å². The first-order valence-electron chi connectivity index (χ1n) is 6.41. The summed E-state index contributed by atoms with van der Waals surface area (Å²) >= 11 is 0. The molecule has 0 aromatic heterocycles. The number of rotatable bonds is 6. The Morgan fingerprint density at radius 1 is 1.33 bits per heavy atom. The van der Waals surface area contributed by atoms with Gasteiger partial charge in [0.05, 0.1) is 5.69 Å². The van der Waals surface area contributed by atoms with Crippen LogP contribution in [0, 0.1) is 0 Å². The van der Waals surface area contributed by atoms with Gasteiger partial charge in [0.25, 0.3) is 0 Å². The van der Waals surface area contributed by atoms with Crippen molar-refractivity contribution < 1.29 is 8.42 Å². The van der Waals surface area contributed by atoms with Gasteiger partial charge in [-0.1, -0.05) is 19.1 Å². The van der Waals surface area contributed by atoms with Crippen LogP contribution < -0.4 is 10.0 Å². The summed E-state index contributed by atoms with van der Waals surface area (Å²) in [4.78, 5) is 0.345. The third-order valence-corrected chi connectivity index (χ3v) is 4.67. The van der Waals surface area contributed by atoms with E-state index in [4.69, 9.17) is 0 Å². The molecule has 0 radical (unpaired) electrons. The Kier molecular flexibility index (Phi) is 3.92. The van der Waals surface area contributed by atoms with E-state index in [-0.39, 0.29) is 12.1 Å². The third kappa shape index (κ3) is 3.23. The van der Waals surface area contributed by atoms with Crippen LogP contribution in [-0.4, -0.2) is 20.5 Å². The maximum atomic E-state index is 12.2. The highest BCUT2D eigenvalue weighted by Gasteiger charge is 2.29. The molecule has 18 heavy (non-hydrogen) atoms. The second kappa shape index (κ2) is 5.28. The lowest BCUT2D eigenvalue weighted by atomic mass is 10.2. The molecule has 0 saturated heterocycles. The molecule has 1 fully saturated rings. The lowest BCUT2D eigenvalue weighted by Gasteiger charge is -2.17. The molecule has 2 rings (SSSR count). The molecule has 0 amide bonds. The zero-order valence-corrected chi connectivity index (χ0v) is 11.6. The molecule has 100 valence electrons. The molecule has 5 heteroatoms. The number of hydrogen-bond donors (Lipinski definition) is 2. The van der Waals surface area contributed by atoms with E-state index in [1.54, 1.807) is 12.1 Å². The second-order valence-electron chi connectivity index (χ2n) is 4.85. The summed E-state index contributed by atoms with van der Waals surface area (Å²) in [7, 11) is -3.39. The summed E-state index contributed by atoms with van der Waals surface area (Å²) in [5, 5.41) is 3.24. The predicted octanol–water partition coefficient (Wildman–Crippen LogP) is 2.34. The van der Waals surface area contributed by atoms with Crippen LogP contribution in [0.5, 0.6) is 0 Å². The third-order valence-electron chi connectivity index (χ3n) is 3.09. The van der Waals surface area contributed by atoms with E-state index in [9.17, 15) is 8.42 Å². The minimum Gasteiger partial charge on any atom is -0.382 e. The van der Waals surface area contributed by atoms with Gasteiger partial charge in [-0.3, -0.25) is 0 Å². The fourth-order valence-corrected chi connectivity index (χ4v) is 3.15. The smallest absolute Gasteiger partial charge is 0.242 e. The summed E-state index contributed by atoms with van der Waals surface area (Å²) in [5.41, 5.74) is 0.681. The Labute approximate surface area is 109 Å². The molecule has 1 unspecified atom stereocenters. The molecule has 1 atom stereocenters. The van der Waals surface area contributed by atoms with Gasteiger partial charge in [0, 0.05) is 12.1 Å². The standard InChI is InChI=1S/C13H20N2O2S/c1-3-10(2)14-12-6-4-5-7-13(12)18(16,17)15-11-8-9-11/h4-7,10-11,14-15H,3,8-9H2,1-2H3. The highest BCUT2D eigenvalue weighted by molar-refractivity contribution is 7.89. The van der Waals surface area contributed by atoms with Crippen LogP contribution in [-0.2, 0) is 10.0 Å². The van der Waals surface area contributed by atoms with Crippen LogP contribution in [0.2, 0.25) is 0 Å². The van der Waals surface area contributed by atoms with Gasteiger partial charge < -0.3 is 5.32 Å². The molecule has 0 aliphatic heterocycles. The minimum absolute atomic E-state index is 0.131. The van der Waals surface area contributed by atoms with Crippen molar-refractivity contribution in [1.82, 2.24) is 4.72 Å². The lowest BCUT2D eigenvalue weighted by Crippen LogP contribution is -2.27. The average molecular weight is 268 g/mol. The Morgan fingerprint density at radius 2 is 2.00 bits per heavy atom. The molecule has 2 N–H and O–H groups in total. The average Bonchev–Trinajstić information content (AvgIpc) is 3.12. The van der Waals surface area contributed by atoms with Crippen LogP contribution in [0.15, 0.2) is 29.2 Å². The number of nitrogens with one attached hydrogen (secondary N) is 2. The molecule has 1 aromatic carbocycles. The monoisotopic (exact) mass is 268 g/mol. The number of sulfonamides is 1. The second-order valence-corrected chi connectivity index (χ2v) is 6.53. The Morgan fingerprint density at radius 3 is 2.61 bits per heavy atom. The lowest BCUT2D eigenvalue weighted by molar-refractivity contribution is 0.581. The van der Waals surface area contributed by atoms with E-state index in [1.165, 1.54) is 0 Å². The largest absolute Gasteiger partial charge is 0.382 e.